The van der Waals surface area contributed by atoms with Crippen LogP contribution in [-0.2, 0) is 4.79 Å². The number of likely N-dealkylation sites (tertiary alicyclic amines) is 1. The first kappa shape index (κ1) is 21.4. The summed E-state index contributed by atoms with van der Waals surface area (Å²) >= 11 is 0. The largest absolute Gasteiger partial charge is 0.493 e. The quantitative estimate of drug-likeness (QED) is 0.710. The molecule has 1 heterocycles. The Kier molecular flexibility index (Phi) is 7.06. The third-order valence-electron chi connectivity index (χ3n) is 5.14. The number of carbonyl (C=O) groups is 3. The van der Waals surface area contributed by atoms with E-state index in [1.54, 1.807) is 35.2 Å². The lowest BCUT2D eigenvalue weighted by atomic mass is 10.0. The van der Waals surface area contributed by atoms with Crippen LogP contribution < -0.4 is 14.8 Å². The summed E-state index contributed by atoms with van der Waals surface area (Å²) in [5, 5.41) is 3.03. The lowest BCUT2D eigenvalue weighted by Crippen LogP contribution is -2.47. The van der Waals surface area contributed by atoms with Crippen LogP contribution in [0, 0.1) is 0 Å². The van der Waals surface area contributed by atoms with E-state index in [4.69, 9.17) is 9.47 Å². The number of methoxy groups -OCH3 is 1. The molecule has 1 aliphatic rings. The standard InChI is InChI=1S/C23H26N2O5/c1-16(26)18-8-9-20(21(14-18)29-2)30-15-22(27)25-12-10-19(11-13-25)24-23(28)17-6-4-3-5-7-17/h3-9,14,19H,10-13,15H2,1-2H3,(H,24,28). The Morgan fingerprint density at radius 1 is 1.00 bits per heavy atom. The molecule has 7 nitrogen and oxygen atoms in total. The van der Waals surface area contributed by atoms with Crippen molar-refractivity contribution < 1.29 is 23.9 Å². The summed E-state index contributed by atoms with van der Waals surface area (Å²) in [5.74, 6) is 0.544. The number of ether oxygens (including phenoxy) is 2. The molecular weight excluding hydrogens is 384 g/mol. The number of nitrogens with zero attached hydrogens (tertiary/aromatic N) is 1. The van der Waals surface area contributed by atoms with Gasteiger partial charge in [0.05, 0.1) is 7.11 Å². The van der Waals surface area contributed by atoms with Crippen molar-refractivity contribution in [2.24, 2.45) is 0 Å². The van der Waals surface area contributed by atoms with Gasteiger partial charge in [0.25, 0.3) is 11.8 Å². The van der Waals surface area contributed by atoms with Crippen LogP contribution in [0.4, 0.5) is 0 Å². The number of hydrogen-bond donors (Lipinski definition) is 1. The Labute approximate surface area is 176 Å². The van der Waals surface area contributed by atoms with Crippen molar-refractivity contribution in [1.82, 2.24) is 10.2 Å². The first-order valence-corrected chi connectivity index (χ1v) is 9.93. The molecule has 1 saturated heterocycles. The molecule has 7 heteroatoms. The summed E-state index contributed by atoms with van der Waals surface area (Å²) in [6, 6.07) is 14.0. The van der Waals surface area contributed by atoms with Gasteiger partial charge in [-0.1, -0.05) is 18.2 Å². The Bertz CT molecular complexity index is 905. The van der Waals surface area contributed by atoms with Crippen LogP contribution in [0.25, 0.3) is 0 Å². The number of carbonyl (C=O) groups excluding carboxylic acids is 3. The Morgan fingerprint density at radius 2 is 1.70 bits per heavy atom. The molecule has 2 aromatic carbocycles. The van der Waals surface area contributed by atoms with Crippen molar-refractivity contribution in [3.63, 3.8) is 0 Å². The second-order valence-electron chi connectivity index (χ2n) is 7.21. The van der Waals surface area contributed by atoms with E-state index in [1.807, 2.05) is 18.2 Å². The van der Waals surface area contributed by atoms with Crippen molar-refractivity contribution in [3.8, 4) is 11.5 Å². The molecular formula is C23H26N2O5. The topological polar surface area (TPSA) is 84.9 Å². The molecule has 158 valence electrons. The van der Waals surface area contributed by atoms with Crippen LogP contribution in [-0.4, -0.2) is 55.3 Å². The van der Waals surface area contributed by atoms with Gasteiger partial charge in [0, 0.05) is 30.3 Å². The SMILES string of the molecule is COc1cc(C(C)=O)ccc1OCC(=O)N1CCC(NC(=O)c2ccccc2)CC1. The summed E-state index contributed by atoms with van der Waals surface area (Å²) in [5.41, 5.74) is 1.15. The third-order valence-corrected chi connectivity index (χ3v) is 5.14. The molecule has 3 rings (SSSR count). The number of benzene rings is 2. The van der Waals surface area contributed by atoms with E-state index in [0.29, 0.717) is 48.6 Å². The zero-order chi connectivity index (χ0) is 21.5. The zero-order valence-electron chi connectivity index (χ0n) is 17.2. The highest BCUT2D eigenvalue weighted by Crippen LogP contribution is 2.28. The number of amides is 2. The number of nitrogens with one attached hydrogen (secondary N) is 1. The Hall–Kier alpha value is -3.35. The van der Waals surface area contributed by atoms with E-state index in [0.717, 1.165) is 0 Å². The lowest BCUT2D eigenvalue weighted by molar-refractivity contribution is -0.134. The van der Waals surface area contributed by atoms with Gasteiger partial charge in [-0.25, -0.2) is 0 Å². The van der Waals surface area contributed by atoms with E-state index in [2.05, 4.69) is 5.32 Å². The number of piperidine rings is 1. The van der Waals surface area contributed by atoms with Gasteiger partial charge in [0.15, 0.2) is 23.9 Å². The minimum absolute atomic E-state index is 0.0434. The van der Waals surface area contributed by atoms with E-state index in [1.165, 1.54) is 14.0 Å². The summed E-state index contributed by atoms with van der Waals surface area (Å²) in [7, 11) is 1.49. The summed E-state index contributed by atoms with van der Waals surface area (Å²) in [6.45, 7) is 2.48. The molecule has 0 radical (unpaired) electrons. The maximum absolute atomic E-state index is 12.5. The highest BCUT2D eigenvalue weighted by Gasteiger charge is 2.24. The van der Waals surface area contributed by atoms with Crippen molar-refractivity contribution in [3.05, 3.63) is 59.7 Å². The first-order valence-electron chi connectivity index (χ1n) is 9.93. The van der Waals surface area contributed by atoms with E-state index in [-0.39, 0.29) is 30.2 Å². The third kappa shape index (κ3) is 5.37. The molecule has 0 bridgehead atoms. The molecule has 1 aliphatic heterocycles. The van der Waals surface area contributed by atoms with E-state index in [9.17, 15) is 14.4 Å². The number of hydrogen-bond acceptors (Lipinski definition) is 5. The number of Topliss-reactive ketones (excluding diaryl/α,β-unsaturated/α-hetero) is 1. The molecule has 0 aromatic heterocycles. The fourth-order valence-corrected chi connectivity index (χ4v) is 3.37. The molecule has 30 heavy (non-hydrogen) atoms. The van der Waals surface area contributed by atoms with Gasteiger partial charge in [-0.3, -0.25) is 14.4 Å². The van der Waals surface area contributed by atoms with E-state index >= 15 is 0 Å². The minimum Gasteiger partial charge on any atom is -0.493 e. The van der Waals surface area contributed by atoms with Crippen molar-refractivity contribution in [2.45, 2.75) is 25.8 Å². The lowest BCUT2D eigenvalue weighted by Gasteiger charge is -2.32. The Balaban J connectivity index is 1.48. The fourth-order valence-electron chi connectivity index (χ4n) is 3.37. The van der Waals surface area contributed by atoms with Gasteiger partial charge in [-0.2, -0.15) is 0 Å². The van der Waals surface area contributed by atoms with Crippen LogP contribution in [0.3, 0.4) is 0 Å². The summed E-state index contributed by atoms with van der Waals surface area (Å²) in [4.78, 5) is 38.0. The average molecular weight is 410 g/mol. The number of ketones is 1. The molecule has 1 fully saturated rings. The van der Waals surface area contributed by atoms with Crippen LogP contribution in [0.15, 0.2) is 48.5 Å². The summed E-state index contributed by atoms with van der Waals surface area (Å²) < 4.78 is 10.9. The summed E-state index contributed by atoms with van der Waals surface area (Å²) in [6.07, 6.45) is 1.39. The maximum atomic E-state index is 12.5. The normalized spacial score (nSPS) is 14.1. The van der Waals surface area contributed by atoms with Crippen molar-refractivity contribution >= 4 is 17.6 Å². The van der Waals surface area contributed by atoms with Crippen molar-refractivity contribution in [1.29, 1.82) is 0 Å². The van der Waals surface area contributed by atoms with Gasteiger partial charge in [0.2, 0.25) is 0 Å². The smallest absolute Gasteiger partial charge is 0.260 e. The first-order chi connectivity index (χ1) is 14.5. The molecule has 2 aromatic rings. The fraction of sp³-hybridized carbons (Fsp3) is 0.348. The Morgan fingerprint density at radius 3 is 2.33 bits per heavy atom. The van der Waals surface area contributed by atoms with Gasteiger partial charge < -0.3 is 19.7 Å². The maximum Gasteiger partial charge on any atom is 0.260 e. The van der Waals surface area contributed by atoms with Crippen molar-refractivity contribution in [2.75, 3.05) is 26.8 Å². The van der Waals surface area contributed by atoms with Crippen LogP contribution in [0.2, 0.25) is 0 Å². The van der Waals surface area contributed by atoms with Gasteiger partial charge in [-0.05, 0) is 50.1 Å². The predicted octanol–water partition coefficient (Wildman–Crippen LogP) is 2.70. The molecule has 0 saturated carbocycles. The zero-order valence-corrected chi connectivity index (χ0v) is 17.2. The monoisotopic (exact) mass is 410 g/mol. The van der Waals surface area contributed by atoms with Gasteiger partial charge in [-0.15, -0.1) is 0 Å². The molecule has 0 atom stereocenters. The molecule has 0 spiro atoms. The van der Waals surface area contributed by atoms with Crippen LogP contribution in [0.1, 0.15) is 40.5 Å². The molecule has 0 unspecified atom stereocenters. The average Bonchev–Trinajstić information content (AvgIpc) is 2.78. The molecule has 1 N–H and O–H groups in total. The van der Waals surface area contributed by atoms with Crippen LogP contribution in [0.5, 0.6) is 11.5 Å². The molecule has 2 amide bonds. The predicted molar refractivity (Wildman–Crippen MR) is 112 cm³/mol. The second-order valence-corrected chi connectivity index (χ2v) is 7.21. The van der Waals surface area contributed by atoms with Gasteiger partial charge in [0.1, 0.15) is 0 Å². The van der Waals surface area contributed by atoms with E-state index < -0.39 is 0 Å². The highest BCUT2D eigenvalue weighted by atomic mass is 16.5. The molecule has 0 aliphatic carbocycles. The number of rotatable bonds is 7. The minimum atomic E-state index is -0.125. The van der Waals surface area contributed by atoms with Gasteiger partial charge >= 0.3 is 0 Å². The second kappa shape index (κ2) is 9.91. The highest BCUT2D eigenvalue weighted by molar-refractivity contribution is 5.95. The van der Waals surface area contributed by atoms with Crippen LogP contribution >= 0.6 is 0 Å².